The van der Waals surface area contributed by atoms with Gasteiger partial charge >= 0.3 is 0 Å². The minimum Gasteiger partial charge on any atom is -0.311 e. The Kier molecular flexibility index (Phi) is 3.50. The maximum absolute atomic E-state index is 12.5. The van der Waals surface area contributed by atoms with Crippen LogP contribution in [0.15, 0.2) is 41.8 Å². The van der Waals surface area contributed by atoms with Gasteiger partial charge in [0, 0.05) is 12.2 Å². The number of hydrogen-bond acceptors (Lipinski definition) is 4. The molecule has 1 atom stereocenters. The fourth-order valence-corrected chi connectivity index (χ4v) is 3.20. The van der Waals surface area contributed by atoms with E-state index < -0.39 is 0 Å². The topological polar surface area (TPSA) is 61.9 Å². The summed E-state index contributed by atoms with van der Waals surface area (Å²) in [6.07, 6.45) is 3.35. The maximum Gasteiger partial charge on any atom is 0.240 e. The molecule has 2 aromatic rings. The number of anilines is 1. The Morgan fingerprint density at radius 1 is 1.32 bits per heavy atom. The standard InChI is InChI=1S/C13H14N4OS/c18-12-11(19-13-14-9-15-16-13)7-4-8-17(12)10-5-2-1-3-6-10/h1-3,5-6,9,11H,4,7-8H2,(H,14,15,16)/t11-/m1/s1. The van der Waals surface area contributed by atoms with Crippen molar-refractivity contribution in [2.24, 2.45) is 0 Å². The Morgan fingerprint density at radius 2 is 2.16 bits per heavy atom. The number of aromatic amines is 1. The van der Waals surface area contributed by atoms with Gasteiger partial charge in [0.05, 0.1) is 5.25 Å². The van der Waals surface area contributed by atoms with Gasteiger partial charge in [0.1, 0.15) is 6.33 Å². The summed E-state index contributed by atoms with van der Waals surface area (Å²) in [5.74, 6) is 0.152. The van der Waals surface area contributed by atoms with E-state index in [1.165, 1.54) is 18.1 Å². The van der Waals surface area contributed by atoms with E-state index in [0.29, 0.717) is 5.16 Å². The maximum atomic E-state index is 12.5. The van der Waals surface area contributed by atoms with E-state index in [1.807, 2.05) is 35.2 Å². The number of nitrogens with zero attached hydrogens (tertiary/aromatic N) is 3. The summed E-state index contributed by atoms with van der Waals surface area (Å²) in [6.45, 7) is 0.788. The van der Waals surface area contributed by atoms with Crippen molar-refractivity contribution in [1.29, 1.82) is 0 Å². The Balaban J connectivity index is 1.76. The van der Waals surface area contributed by atoms with Crippen LogP contribution in [0.1, 0.15) is 12.8 Å². The number of benzene rings is 1. The van der Waals surface area contributed by atoms with Crippen molar-refractivity contribution < 1.29 is 4.79 Å². The molecule has 3 rings (SSSR count). The second kappa shape index (κ2) is 5.44. The number of piperidine rings is 1. The van der Waals surface area contributed by atoms with E-state index in [-0.39, 0.29) is 11.2 Å². The number of para-hydroxylation sites is 1. The van der Waals surface area contributed by atoms with Crippen LogP contribution >= 0.6 is 11.8 Å². The molecule has 19 heavy (non-hydrogen) atoms. The lowest BCUT2D eigenvalue weighted by atomic mass is 10.1. The third-order valence-corrected chi connectivity index (χ3v) is 4.25. The van der Waals surface area contributed by atoms with Crippen molar-refractivity contribution in [3.8, 4) is 0 Å². The smallest absolute Gasteiger partial charge is 0.240 e. The zero-order valence-electron chi connectivity index (χ0n) is 10.3. The lowest BCUT2D eigenvalue weighted by Gasteiger charge is -2.31. The van der Waals surface area contributed by atoms with Crippen LogP contribution in [0.2, 0.25) is 0 Å². The minimum atomic E-state index is -0.0816. The van der Waals surface area contributed by atoms with Gasteiger partial charge in [-0.1, -0.05) is 30.0 Å². The highest BCUT2D eigenvalue weighted by molar-refractivity contribution is 8.00. The Labute approximate surface area is 115 Å². The fraction of sp³-hybridized carbons (Fsp3) is 0.308. The van der Waals surface area contributed by atoms with Gasteiger partial charge in [0.25, 0.3) is 0 Å². The number of aromatic nitrogens is 3. The molecular weight excluding hydrogens is 260 g/mol. The van der Waals surface area contributed by atoms with E-state index in [0.717, 1.165) is 25.1 Å². The second-order valence-corrected chi connectivity index (χ2v) is 5.56. The molecular formula is C13H14N4OS. The quantitative estimate of drug-likeness (QED) is 0.931. The molecule has 6 heteroatoms. The third-order valence-electron chi connectivity index (χ3n) is 3.10. The molecule has 1 aliphatic heterocycles. The van der Waals surface area contributed by atoms with Crippen molar-refractivity contribution >= 4 is 23.4 Å². The molecule has 98 valence electrons. The number of H-pyrrole nitrogens is 1. The van der Waals surface area contributed by atoms with Crippen LogP contribution in [0.4, 0.5) is 5.69 Å². The normalized spacial score (nSPS) is 19.7. The summed E-state index contributed by atoms with van der Waals surface area (Å²) in [4.78, 5) is 18.4. The number of rotatable bonds is 3. The molecule has 1 fully saturated rings. The average molecular weight is 274 g/mol. The van der Waals surface area contributed by atoms with Crippen molar-refractivity contribution in [3.05, 3.63) is 36.7 Å². The van der Waals surface area contributed by atoms with Gasteiger partial charge in [-0.3, -0.25) is 9.89 Å². The Bertz CT molecular complexity index is 543. The van der Waals surface area contributed by atoms with Gasteiger partial charge in [-0.25, -0.2) is 4.98 Å². The SMILES string of the molecule is O=C1[C@H](Sc2ncn[nH]2)CCCN1c1ccccc1. The summed E-state index contributed by atoms with van der Waals surface area (Å²) < 4.78 is 0. The molecule has 1 aromatic carbocycles. The second-order valence-electron chi connectivity index (χ2n) is 4.36. The van der Waals surface area contributed by atoms with Crippen molar-refractivity contribution in [2.75, 3.05) is 11.4 Å². The van der Waals surface area contributed by atoms with Crippen molar-refractivity contribution in [1.82, 2.24) is 15.2 Å². The highest BCUT2D eigenvalue weighted by Crippen LogP contribution is 2.30. The van der Waals surface area contributed by atoms with Gasteiger partial charge in [0.15, 0.2) is 5.16 Å². The van der Waals surface area contributed by atoms with Gasteiger partial charge in [-0.05, 0) is 25.0 Å². The number of hydrogen-bond donors (Lipinski definition) is 1. The van der Waals surface area contributed by atoms with Crippen LogP contribution in [-0.4, -0.2) is 32.9 Å². The summed E-state index contributed by atoms with van der Waals surface area (Å²) in [7, 11) is 0. The van der Waals surface area contributed by atoms with E-state index in [1.54, 1.807) is 0 Å². The number of carbonyl (C=O) groups excluding carboxylic acids is 1. The Hall–Kier alpha value is -1.82. The van der Waals surface area contributed by atoms with Crippen LogP contribution in [-0.2, 0) is 4.79 Å². The Morgan fingerprint density at radius 3 is 2.89 bits per heavy atom. The molecule has 0 unspecified atom stereocenters. The van der Waals surface area contributed by atoms with Crippen molar-refractivity contribution in [3.63, 3.8) is 0 Å². The first kappa shape index (κ1) is 12.2. The summed E-state index contributed by atoms with van der Waals surface area (Å²) in [5, 5.41) is 7.22. The molecule has 1 amide bonds. The first-order valence-electron chi connectivity index (χ1n) is 6.23. The number of thioether (sulfide) groups is 1. The van der Waals surface area contributed by atoms with Crippen LogP contribution in [0, 0.1) is 0 Å². The zero-order chi connectivity index (χ0) is 13.1. The molecule has 0 spiro atoms. The molecule has 2 heterocycles. The predicted molar refractivity (Wildman–Crippen MR) is 74.1 cm³/mol. The molecule has 0 saturated carbocycles. The molecule has 1 N–H and O–H groups in total. The zero-order valence-corrected chi connectivity index (χ0v) is 11.1. The average Bonchev–Trinajstić information content (AvgIpc) is 2.95. The fourth-order valence-electron chi connectivity index (χ4n) is 2.20. The van der Waals surface area contributed by atoms with Crippen LogP contribution in [0.25, 0.3) is 0 Å². The van der Waals surface area contributed by atoms with Crippen LogP contribution in [0.3, 0.4) is 0 Å². The monoisotopic (exact) mass is 274 g/mol. The molecule has 1 aliphatic rings. The summed E-state index contributed by atoms with van der Waals surface area (Å²) in [5.41, 5.74) is 0.968. The highest BCUT2D eigenvalue weighted by Gasteiger charge is 2.30. The van der Waals surface area contributed by atoms with E-state index in [2.05, 4.69) is 15.2 Å². The molecule has 0 bridgehead atoms. The van der Waals surface area contributed by atoms with E-state index in [4.69, 9.17) is 0 Å². The van der Waals surface area contributed by atoms with Crippen LogP contribution < -0.4 is 4.90 Å². The summed E-state index contributed by atoms with van der Waals surface area (Å²) in [6, 6.07) is 9.81. The summed E-state index contributed by atoms with van der Waals surface area (Å²) >= 11 is 1.46. The first-order chi connectivity index (χ1) is 9.34. The van der Waals surface area contributed by atoms with Crippen molar-refractivity contribution in [2.45, 2.75) is 23.2 Å². The van der Waals surface area contributed by atoms with Gasteiger partial charge in [-0.2, -0.15) is 5.10 Å². The molecule has 1 saturated heterocycles. The van der Waals surface area contributed by atoms with Gasteiger partial charge in [0.2, 0.25) is 5.91 Å². The predicted octanol–water partition coefficient (Wildman–Crippen LogP) is 2.09. The van der Waals surface area contributed by atoms with Gasteiger partial charge in [-0.15, -0.1) is 0 Å². The third kappa shape index (κ3) is 2.63. The molecule has 0 radical (unpaired) electrons. The molecule has 5 nitrogen and oxygen atoms in total. The van der Waals surface area contributed by atoms with Gasteiger partial charge < -0.3 is 4.90 Å². The molecule has 0 aliphatic carbocycles. The number of amides is 1. The first-order valence-corrected chi connectivity index (χ1v) is 7.11. The number of carbonyl (C=O) groups is 1. The van der Waals surface area contributed by atoms with E-state index in [9.17, 15) is 4.79 Å². The molecule has 1 aromatic heterocycles. The van der Waals surface area contributed by atoms with E-state index >= 15 is 0 Å². The largest absolute Gasteiger partial charge is 0.311 e. The highest BCUT2D eigenvalue weighted by atomic mass is 32.2. The lowest BCUT2D eigenvalue weighted by Crippen LogP contribution is -2.43. The lowest BCUT2D eigenvalue weighted by molar-refractivity contribution is -0.119. The number of nitrogens with one attached hydrogen (secondary N) is 1. The minimum absolute atomic E-state index is 0.0816. The van der Waals surface area contributed by atoms with Crippen LogP contribution in [0.5, 0.6) is 0 Å².